The number of nitrogens with two attached hydrogens (primary N) is 1. The van der Waals surface area contributed by atoms with Crippen molar-refractivity contribution in [3.63, 3.8) is 0 Å². The standard InChI is InChI=1S/C12H15F3N2O/c1-2-3-4-8(16)12(18)17-9-6-5-7(13)10(14)11(9)15/h5-6,8H,2-4,16H2,1H3,(H,17,18). The number of anilines is 1. The van der Waals surface area contributed by atoms with Crippen molar-refractivity contribution in [1.29, 1.82) is 0 Å². The molecule has 0 aromatic heterocycles. The Balaban J connectivity index is 2.73. The first-order valence-corrected chi connectivity index (χ1v) is 5.67. The average molecular weight is 260 g/mol. The molecule has 0 aliphatic heterocycles. The van der Waals surface area contributed by atoms with Crippen LogP contribution in [0.2, 0.25) is 0 Å². The molecule has 1 unspecified atom stereocenters. The Morgan fingerprint density at radius 2 is 2.00 bits per heavy atom. The van der Waals surface area contributed by atoms with Crippen LogP contribution in [0.15, 0.2) is 12.1 Å². The Bertz CT molecular complexity index is 438. The first kappa shape index (κ1) is 14.5. The van der Waals surface area contributed by atoms with Crippen molar-refractivity contribution in [3.8, 4) is 0 Å². The van der Waals surface area contributed by atoms with Crippen molar-refractivity contribution in [2.75, 3.05) is 5.32 Å². The fourth-order valence-corrected chi connectivity index (χ4v) is 1.40. The predicted molar refractivity (Wildman–Crippen MR) is 62.4 cm³/mol. The summed E-state index contributed by atoms with van der Waals surface area (Å²) in [5.41, 5.74) is 5.16. The van der Waals surface area contributed by atoms with Crippen LogP contribution in [0.4, 0.5) is 18.9 Å². The maximum Gasteiger partial charge on any atom is 0.241 e. The van der Waals surface area contributed by atoms with Crippen LogP contribution in [-0.4, -0.2) is 11.9 Å². The zero-order valence-electron chi connectivity index (χ0n) is 9.97. The molecule has 0 aliphatic rings. The van der Waals surface area contributed by atoms with E-state index >= 15 is 0 Å². The van der Waals surface area contributed by atoms with Crippen molar-refractivity contribution in [2.24, 2.45) is 5.73 Å². The molecular weight excluding hydrogens is 245 g/mol. The molecule has 0 heterocycles. The summed E-state index contributed by atoms with van der Waals surface area (Å²) in [4.78, 5) is 11.5. The zero-order valence-corrected chi connectivity index (χ0v) is 9.97. The summed E-state index contributed by atoms with van der Waals surface area (Å²) in [5.74, 6) is -4.96. The third kappa shape index (κ3) is 3.46. The Morgan fingerprint density at radius 3 is 2.61 bits per heavy atom. The molecule has 0 saturated carbocycles. The minimum atomic E-state index is -1.62. The summed E-state index contributed by atoms with van der Waals surface area (Å²) in [6, 6.07) is 0.904. The SMILES string of the molecule is CCCCC(N)C(=O)Nc1ccc(F)c(F)c1F. The number of unbranched alkanes of at least 4 members (excludes halogenated alkanes) is 1. The van der Waals surface area contributed by atoms with Crippen LogP contribution in [0, 0.1) is 17.5 Å². The molecule has 1 aromatic carbocycles. The van der Waals surface area contributed by atoms with E-state index in [1.165, 1.54) is 0 Å². The number of halogens is 3. The van der Waals surface area contributed by atoms with Gasteiger partial charge in [-0.25, -0.2) is 13.2 Å². The van der Waals surface area contributed by atoms with Gasteiger partial charge in [0.15, 0.2) is 17.5 Å². The lowest BCUT2D eigenvalue weighted by Gasteiger charge is -2.12. The number of hydrogen-bond donors (Lipinski definition) is 2. The van der Waals surface area contributed by atoms with Crippen LogP contribution in [0.3, 0.4) is 0 Å². The maximum atomic E-state index is 13.3. The highest BCUT2D eigenvalue weighted by Gasteiger charge is 2.18. The predicted octanol–water partition coefficient (Wildman–Crippen LogP) is 2.56. The second-order valence-electron chi connectivity index (χ2n) is 3.96. The minimum Gasteiger partial charge on any atom is -0.322 e. The summed E-state index contributed by atoms with van der Waals surface area (Å²) in [6.07, 6.45) is 2.09. The summed E-state index contributed by atoms with van der Waals surface area (Å²) in [5, 5.41) is 2.14. The number of carbonyl (C=O) groups is 1. The van der Waals surface area contributed by atoms with Crippen LogP contribution in [0.5, 0.6) is 0 Å². The Kier molecular flexibility index (Phi) is 5.15. The number of benzene rings is 1. The molecule has 0 bridgehead atoms. The first-order valence-electron chi connectivity index (χ1n) is 5.67. The van der Waals surface area contributed by atoms with Gasteiger partial charge in [-0.3, -0.25) is 4.79 Å². The topological polar surface area (TPSA) is 55.1 Å². The van der Waals surface area contributed by atoms with Gasteiger partial charge >= 0.3 is 0 Å². The highest BCUT2D eigenvalue weighted by atomic mass is 19.2. The van der Waals surface area contributed by atoms with Crippen LogP contribution in [0.25, 0.3) is 0 Å². The molecule has 0 fully saturated rings. The van der Waals surface area contributed by atoms with Crippen molar-refractivity contribution in [1.82, 2.24) is 0 Å². The van der Waals surface area contributed by atoms with E-state index in [1.807, 2.05) is 6.92 Å². The molecule has 0 aliphatic carbocycles. The summed E-state index contributed by atoms with van der Waals surface area (Å²) >= 11 is 0. The quantitative estimate of drug-likeness (QED) is 0.799. The summed E-state index contributed by atoms with van der Waals surface area (Å²) < 4.78 is 38.9. The van der Waals surface area contributed by atoms with E-state index in [-0.39, 0.29) is 0 Å². The molecule has 1 amide bonds. The maximum absolute atomic E-state index is 13.3. The number of carbonyl (C=O) groups excluding carboxylic acids is 1. The van der Waals surface area contributed by atoms with E-state index in [4.69, 9.17) is 5.73 Å². The molecule has 0 radical (unpaired) electrons. The third-order valence-electron chi connectivity index (χ3n) is 2.50. The monoisotopic (exact) mass is 260 g/mol. The van der Waals surface area contributed by atoms with Crippen molar-refractivity contribution in [2.45, 2.75) is 32.2 Å². The Morgan fingerprint density at radius 1 is 1.33 bits per heavy atom. The molecule has 0 spiro atoms. The highest BCUT2D eigenvalue weighted by molar-refractivity contribution is 5.94. The van der Waals surface area contributed by atoms with E-state index in [2.05, 4.69) is 5.32 Å². The normalized spacial score (nSPS) is 12.3. The van der Waals surface area contributed by atoms with Crippen LogP contribution in [-0.2, 0) is 4.79 Å². The van der Waals surface area contributed by atoms with E-state index in [0.717, 1.165) is 25.0 Å². The first-order chi connectivity index (χ1) is 8.47. The Hall–Kier alpha value is -1.56. The van der Waals surface area contributed by atoms with Gasteiger partial charge in [0.2, 0.25) is 5.91 Å². The van der Waals surface area contributed by atoms with Gasteiger partial charge in [-0.2, -0.15) is 0 Å². The van der Waals surface area contributed by atoms with Crippen molar-refractivity contribution in [3.05, 3.63) is 29.6 Å². The van der Waals surface area contributed by atoms with Crippen LogP contribution < -0.4 is 11.1 Å². The summed E-state index contributed by atoms with van der Waals surface area (Å²) in [6.45, 7) is 1.94. The van der Waals surface area contributed by atoms with Crippen LogP contribution >= 0.6 is 0 Å². The average Bonchev–Trinajstić information content (AvgIpc) is 2.36. The van der Waals surface area contributed by atoms with Gasteiger partial charge < -0.3 is 11.1 Å². The third-order valence-corrected chi connectivity index (χ3v) is 2.50. The molecular formula is C12H15F3N2O. The number of hydrogen-bond acceptors (Lipinski definition) is 2. The summed E-state index contributed by atoms with van der Waals surface area (Å²) in [7, 11) is 0. The number of rotatable bonds is 5. The molecule has 0 saturated heterocycles. The fraction of sp³-hybridized carbons (Fsp3) is 0.417. The lowest BCUT2D eigenvalue weighted by molar-refractivity contribution is -0.117. The molecule has 100 valence electrons. The second kappa shape index (κ2) is 6.39. The fourth-order valence-electron chi connectivity index (χ4n) is 1.40. The Labute approximate surface area is 103 Å². The second-order valence-corrected chi connectivity index (χ2v) is 3.96. The molecule has 1 aromatic rings. The smallest absolute Gasteiger partial charge is 0.241 e. The van der Waals surface area contributed by atoms with E-state index < -0.39 is 35.1 Å². The lowest BCUT2D eigenvalue weighted by atomic mass is 10.1. The van der Waals surface area contributed by atoms with E-state index in [9.17, 15) is 18.0 Å². The molecule has 3 N–H and O–H groups in total. The van der Waals surface area contributed by atoms with Crippen molar-refractivity contribution >= 4 is 11.6 Å². The molecule has 6 heteroatoms. The van der Waals surface area contributed by atoms with Crippen LogP contribution in [0.1, 0.15) is 26.2 Å². The van der Waals surface area contributed by atoms with Gasteiger partial charge in [0.1, 0.15) is 0 Å². The molecule has 3 nitrogen and oxygen atoms in total. The minimum absolute atomic E-state index is 0.411. The van der Waals surface area contributed by atoms with Crippen molar-refractivity contribution < 1.29 is 18.0 Å². The van der Waals surface area contributed by atoms with Gasteiger partial charge in [0.25, 0.3) is 0 Å². The largest absolute Gasteiger partial charge is 0.322 e. The molecule has 1 rings (SSSR count). The lowest BCUT2D eigenvalue weighted by Crippen LogP contribution is -2.35. The van der Waals surface area contributed by atoms with Gasteiger partial charge in [-0.05, 0) is 18.6 Å². The molecule has 18 heavy (non-hydrogen) atoms. The van der Waals surface area contributed by atoms with Gasteiger partial charge in [0, 0.05) is 0 Å². The zero-order chi connectivity index (χ0) is 13.7. The molecule has 1 atom stereocenters. The number of amides is 1. The van der Waals surface area contributed by atoms with Gasteiger partial charge in [-0.1, -0.05) is 19.8 Å². The highest BCUT2D eigenvalue weighted by Crippen LogP contribution is 2.19. The van der Waals surface area contributed by atoms with E-state index in [1.54, 1.807) is 0 Å². The van der Waals surface area contributed by atoms with E-state index in [0.29, 0.717) is 6.42 Å². The van der Waals surface area contributed by atoms with Gasteiger partial charge in [-0.15, -0.1) is 0 Å². The number of nitrogens with one attached hydrogen (secondary N) is 1. The van der Waals surface area contributed by atoms with Gasteiger partial charge in [0.05, 0.1) is 11.7 Å².